The maximum Gasteiger partial charge on any atom is 0.266 e. The average molecular weight is 526 g/mol. The van der Waals surface area contributed by atoms with Crippen molar-refractivity contribution in [3.05, 3.63) is 91.9 Å². The number of hydrogen-bond acceptors (Lipinski definition) is 4. The molecule has 3 aromatic carbocycles. The number of nitrogens with one attached hydrogen (secondary N) is 1. The zero-order chi connectivity index (χ0) is 24.0. The minimum atomic E-state index is -0.490. The van der Waals surface area contributed by atoms with Crippen LogP contribution in [0.25, 0.3) is 6.08 Å². The molecule has 0 aliphatic heterocycles. The fraction of sp³-hybridized carbons (Fsp3) is 0.154. The second-order valence-corrected chi connectivity index (χ2v) is 8.54. The third-order valence-electron chi connectivity index (χ3n) is 5.14. The van der Waals surface area contributed by atoms with E-state index in [2.05, 4.69) is 21.2 Å². The lowest BCUT2D eigenvalue weighted by Crippen LogP contribution is -2.14. The van der Waals surface area contributed by atoms with Crippen LogP contribution in [0.3, 0.4) is 0 Å². The van der Waals surface area contributed by atoms with E-state index < -0.39 is 5.91 Å². The van der Waals surface area contributed by atoms with Gasteiger partial charge in [0.15, 0.2) is 11.5 Å². The Labute approximate surface area is 206 Å². The summed E-state index contributed by atoms with van der Waals surface area (Å²) in [7, 11) is 1.53. The Morgan fingerprint density at radius 3 is 2.61 bits per heavy atom. The Bertz CT molecular complexity index is 1260. The van der Waals surface area contributed by atoms with Crippen LogP contribution >= 0.6 is 27.5 Å². The number of aryl methyl sites for hydroxylation is 1. The van der Waals surface area contributed by atoms with Gasteiger partial charge in [0.25, 0.3) is 5.91 Å². The number of carbonyl (C=O) groups is 1. The lowest BCUT2D eigenvalue weighted by atomic mass is 10.1. The van der Waals surface area contributed by atoms with Gasteiger partial charge in [0, 0.05) is 20.7 Å². The summed E-state index contributed by atoms with van der Waals surface area (Å²) in [6.45, 7) is 4.15. The van der Waals surface area contributed by atoms with Crippen LogP contribution in [0.15, 0.2) is 64.6 Å². The number of nitrogens with zero attached hydrogens (tertiary/aromatic N) is 1. The second kappa shape index (κ2) is 11.0. The number of rotatable bonds is 7. The molecule has 0 unspecified atom stereocenters. The van der Waals surface area contributed by atoms with Crippen molar-refractivity contribution in [2.75, 3.05) is 12.4 Å². The summed E-state index contributed by atoms with van der Waals surface area (Å²) in [5, 5.41) is 13.0. The van der Waals surface area contributed by atoms with Crippen molar-refractivity contribution in [2.45, 2.75) is 20.5 Å². The predicted octanol–water partition coefficient (Wildman–Crippen LogP) is 6.85. The predicted molar refractivity (Wildman–Crippen MR) is 135 cm³/mol. The standard InChI is InChI=1S/C26H22BrClN2O3/c1-16-7-6-10-23(17(16)2)30-26(31)20(14-29)11-19-12-24(32-3)25(13-21(19)27)33-15-18-8-4-5-9-22(18)28/h4-13H,15H2,1-3H3,(H,30,31)/b20-11+. The molecule has 3 rings (SSSR count). The van der Waals surface area contributed by atoms with E-state index in [1.54, 1.807) is 24.3 Å². The Morgan fingerprint density at radius 2 is 1.91 bits per heavy atom. The fourth-order valence-corrected chi connectivity index (χ4v) is 3.71. The van der Waals surface area contributed by atoms with Gasteiger partial charge in [-0.05, 0) is 60.9 Å². The Balaban J connectivity index is 1.85. The fourth-order valence-electron chi connectivity index (χ4n) is 3.09. The molecule has 1 N–H and O–H groups in total. The zero-order valence-electron chi connectivity index (χ0n) is 18.4. The van der Waals surface area contributed by atoms with Gasteiger partial charge >= 0.3 is 0 Å². The minimum Gasteiger partial charge on any atom is -0.493 e. The number of halogens is 2. The highest BCUT2D eigenvalue weighted by atomic mass is 79.9. The van der Waals surface area contributed by atoms with Gasteiger partial charge in [0.1, 0.15) is 18.2 Å². The van der Waals surface area contributed by atoms with Gasteiger partial charge in [-0.2, -0.15) is 5.26 Å². The highest BCUT2D eigenvalue weighted by Crippen LogP contribution is 2.35. The first-order chi connectivity index (χ1) is 15.8. The quantitative estimate of drug-likeness (QED) is 0.270. The summed E-state index contributed by atoms with van der Waals surface area (Å²) in [6.07, 6.45) is 1.50. The van der Waals surface area contributed by atoms with Gasteiger partial charge in [-0.25, -0.2) is 0 Å². The molecule has 33 heavy (non-hydrogen) atoms. The summed E-state index contributed by atoms with van der Waals surface area (Å²) < 4.78 is 12.0. The number of amides is 1. The summed E-state index contributed by atoms with van der Waals surface area (Å²) in [4.78, 5) is 12.7. The summed E-state index contributed by atoms with van der Waals surface area (Å²) in [5.41, 5.74) is 4.08. The van der Waals surface area contributed by atoms with E-state index in [0.717, 1.165) is 16.7 Å². The first-order valence-electron chi connectivity index (χ1n) is 10.1. The maximum absolute atomic E-state index is 12.7. The SMILES string of the molecule is COc1cc(/C=C(\C#N)C(=O)Nc2cccc(C)c2C)c(Br)cc1OCc1ccccc1Cl. The zero-order valence-corrected chi connectivity index (χ0v) is 20.8. The van der Waals surface area contributed by atoms with Crippen molar-refractivity contribution >= 4 is 45.2 Å². The van der Waals surface area contributed by atoms with E-state index in [-0.39, 0.29) is 12.2 Å². The van der Waals surface area contributed by atoms with Crippen LogP contribution < -0.4 is 14.8 Å². The monoisotopic (exact) mass is 524 g/mol. The third-order valence-corrected chi connectivity index (χ3v) is 6.20. The van der Waals surface area contributed by atoms with E-state index in [9.17, 15) is 10.1 Å². The second-order valence-electron chi connectivity index (χ2n) is 7.28. The van der Waals surface area contributed by atoms with Crippen molar-refractivity contribution < 1.29 is 14.3 Å². The average Bonchev–Trinajstić information content (AvgIpc) is 2.80. The van der Waals surface area contributed by atoms with E-state index in [0.29, 0.717) is 32.2 Å². The van der Waals surface area contributed by atoms with E-state index in [4.69, 9.17) is 21.1 Å². The topological polar surface area (TPSA) is 71.3 Å². The molecule has 7 heteroatoms. The molecule has 0 aromatic heterocycles. The largest absolute Gasteiger partial charge is 0.493 e. The molecule has 0 radical (unpaired) electrons. The number of ether oxygens (including phenoxy) is 2. The number of carbonyl (C=O) groups excluding carboxylic acids is 1. The molecule has 0 saturated carbocycles. The molecule has 0 atom stereocenters. The molecule has 0 heterocycles. The van der Waals surface area contributed by atoms with Crippen LogP contribution in [0.5, 0.6) is 11.5 Å². The molecule has 0 aliphatic carbocycles. The lowest BCUT2D eigenvalue weighted by Gasteiger charge is -2.14. The van der Waals surface area contributed by atoms with Gasteiger partial charge in [-0.1, -0.05) is 57.9 Å². The molecule has 5 nitrogen and oxygen atoms in total. The first kappa shape index (κ1) is 24.4. The summed E-state index contributed by atoms with van der Waals surface area (Å²) >= 11 is 9.70. The lowest BCUT2D eigenvalue weighted by molar-refractivity contribution is -0.112. The van der Waals surface area contributed by atoms with Gasteiger partial charge in [0.05, 0.1) is 7.11 Å². The smallest absolute Gasteiger partial charge is 0.266 e. The Morgan fingerprint density at radius 1 is 1.15 bits per heavy atom. The van der Waals surface area contributed by atoms with Gasteiger partial charge in [-0.15, -0.1) is 0 Å². The van der Waals surface area contributed by atoms with Crippen LogP contribution in [-0.4, -0.2) is 13.0 Å². The van der Waals surface area contributed by atoms with Crippen molar-refractivity contribution in [2.24, 2.45) is 0 Å². The van der Waals surface area contributed by atoms with Crippen molar-refractivity contribution in [1.29, 1.82) is 5.26 Å². The number of benzene rings is 3. The van der Waals surface area contributed by atoms with Crippen molar-refractivity contribution in [3.63, 3.8) is 0 Å². The number of anilines is 1. The molecule has 0 saturated heterocycles. The molecule has 0 spiro atoms. The van der Waals surface area contributed by atoms with Crippen LogP contribution in [0.2, 0.25) is 5.02 Å². The van der Waals surface area contributed by atoms with Gasteiger partial charge < -0.3 is 14.8 Å². The molecule has 0 bridgehead atoms. The van der Waals surface area contributed by atoms with Gasteiger partial charge in [0.2, 0.25) is 0 Å². The normalized spacial score (nSPS) is 11.0. The highest BCUT2D eigenvalue weighted by Gasteiger charge is 2.15. The van der Waals surface area contributed by atoms with Crippen LogP contribution in [0.4, 0.5) is 5.69 Å². The van der Waals surface area contributed by atoms with E-state index >= 15 is 0 Å². The maximum atomic E-state index is 12.7. The highest BCUT2D eigenvalue weighted by molar-refractivity contribution is 9.10. The minimum absolute atomic E-state index is 0.0385. The summed E-state index contributed by atoms with van der Waals surface area (Å²) in [5.74, 6) is 0.472. The molecule has 0 aliphatic rings. The van der Waals surface area contributed by atoms with Crippen LogP contribution in [0.1, 0.15) is 22.3 Å². The van der Waals surface area contributed by atoms with E-state index in [1.807, 2.05) is 50.2 Å². The number of methoxy groups -OCH3 is 1. The third kappa shape index (κ3) is 5.95. The van der Waals surface area contributed by atoms with E-state index in [1.165, 1.54) is 13.2 Å². The first-order valence-corrected chi connectivity index (χ1v) is 11.2. The van der Waals surface area contributed by atoms with Crippen molar-refractivity contribution in [1.82, 2.24) is 0 Å². The Kier molecular flexibility index (Phi) is 8.16. The van der Waals surface area contributed by atoms with Crippen LogP contribution in [-0.2, 0) is 11.4 Å². The summed E-state index contributed by atoms with van der Waals surface area (Å²) in [6, 6.07) is 18.5. The van der Waals surface area contributed by atoms with Crippen molar-refractivity contribution in [3.8, 4) is 17.6 Å². The molecule has 1 amide bonds. The molecule has 0 fully saturated rings. The molecule has 3 aromatic rings. The number of hydrogen-bond donors (Lipinski definition) is 1. The molecular formula is C26H22BrClN2O3. The van der Waals surface area contributed by atoms with Gasteiger partial charge in [-0.3, -0.25) is 4.79 Å². The molecule has 168 valence electrons. The Hall–Kier alpha value is -3.27. The number of nitriles is 1. The van der Waals surface area contributed by atoms with Crippen LogP contribution in [0, 0.1) is 25.2 Å². The molecular weight excluding hydrogens is 504 g/mol.